The quantitative estimate of drug-likeness (QED) is 0.364. The molecule has 4 rings (SSSR count). The molecule has 0 aliphatic rings. The Kier molecular flexibility index (Phi) is 6.23. The van der Waals surface area contributed by atoms with E-state index >= 15 is 0 Å². The number of nitrogens with zero attached hydrogens (tertiary/aromatic N) is 2. The van der Waals surface area contributed by atoms with Crippen LogP contribution in [0, 0.1) is 6.92 Å². The van der Waals surface area contributed by atoms with Gasteiger partial charge in [0.15, 0.2) is 0 Å². The molecule has 0 fully saturated rings. The Morgan fingerprint density at radius 1 is 0.933 bits per heavy atom. The van der Waals surface area contributed by atoms with Crippen LogP contribution in [0.5, 0.6) is 5.88 Å². The largest absolute Gasteiger partial charge is 0.477 e. The molecule has 0 aliphatic heterocycles. The molecule has 4 heteroatoms. The van der Waals surface area contributed by atoms with Crippen molar-refractivity contribution in [1.82, 2.24) is 9.97 Å². The summed E-state index contributed by atoms with van der Waals surface area (Å²) in [7, 11) is 0. The van der Waals surface area contributed by atoms with Crippen molar-refractivity contribution >= 4 is 0 Å². The minimum absolute atomic E-state index is 0.453. The average Bonchev–Trinajstić information content (AvgIpc) is 3.17. The van der Waals surface area contributed by atoms with E-state index in [1.54, 1.807) is 0 Å². The molecule has 30 heavy (non-hydrogen) atoms. The maximum Gasteiger partial charge on any atom is 0.226 e. The standard InChI is InChI=1S/C26H26N2O2/c1-19(22-9-5-3-6-10-22)17-21-13-14-25(27-18-21)29-16-15-24-20(2)30-26(28-24)23-11-7-4-8-12-23/h3-14,18-19H,15-17H2,1-2H3. The van der Waals surface area contributed by atoms with Crippen LogP contribution in [0.2, 0.25) is 0 Å². The van der Waals surface area contributed by atoms with E-state index in [-0.39, 0.29) is 0 Å². The van der Waals surface area contributed by atoms with Gasteiger partial charge in [0.1, 0.15) is 5.76 Å². The van der Waals surface area contributed by atoms with E-state index in [0.29, 0.717) is 30.7 Å². The number of hydrogen-bond donors (Lipinski definition) is 0. The Labute approximate surface area is 177 Å². The summed E-state index contributed by atoms with van der Waals surface area (Å²) in [6, 6.07) is 24.5. The Bertz CT molecular complexity index is 1060. The van der Waals surface area contributed by atoms with Gasteiger partial charge in [-0.1, -0.05) is 61.5 Å². The van der Waals surface area contributed by atoms with E-state index in [0.717, 1.165) is 23.4 Å². The Morgan fingerprint density at radius 3 is 2.37 bits per heavy atom. The summed E-state index contributed by atoms with van der Waals surface area (Å²) in [5.74, 6) is 2.57. The van der Waals surface area contributed by atoms with Gasteiger partial charge in [-0.2, -0.15) is 0 Å². The number of rotatable bonds is 8. The minimum atomic E-state index is 0.453. The molecule has 0 saturated heterocycles. The molecule has 152 valence electrons. The van der Waals surface area contributed by atoms with Gasteiger partial charge in [0.25, 0.3) is 0 Å². The maximum atomic E-state index is 5.83. The van der Waals surface area contributed by atoms with Gasteiger partial charge >= 0.3 is 0 Å². The summed E-state index contributed by atoms with van der Waals surface area (Å²) < 4.78 is 11.6. The lowest BCUT2D eigenvalue weighted by molar-refractivity contribution is 0.307. The molecule has 0 amide bonds. The van der Waals surface area contributed by atoms with Crippen molar-refractivity contribution in [2.24, 2.45) is 0 Å². The Hall–Kier alpha value is -3.40. The highest BCUT2D eigenvalue weighted by atomic mass is 16.5. The van der Waals surface area contributed by atoms with E-state index in [4.69, 9.17) is 9.15 Å². The number of aromatic nitrogens is 2. The smallest absolute Gasteiger partial charge is 0.226 e. The summed E-state index contributed by atoms with van der Waals surface area (Å²) in [5.41, 5.74) is 4.45. The van der Waals surface area contributed by atoms with Gasteiger partial charge in [0, 0.05) is 24.2 Å². The van der Waals surface area contributed by atoms with Crippen molar-refractivity contribution in [2.45, 2.75) is 32.6 Å². The highest BCUT2D eigenvalue weighted by Crippen LogP contribution is 2.22. The van der Waals surface area contributed by atoms with E-state index in [1.165, 1.54) is 11.1 Å². The molecule has 1 unspecified atom stereocenters. The molecule has 2 aromatic carbocycles. The first-order chi connectivity index (χ1) is 14.7. The van der Waals surface area contributed by atoms with Gasteiger partial charge in [0.2, 0.25) is 11.8 Å². The summed E-state index contributed by atoms with van der Waals surface area (Å²) in [5, 5.41) is 0. The number of ether oxygens (including phenoxy) is 1. The molecule has 2 aromatic heterocycles. The third-order valence-electron chi connectivity index (χ3n) is 5.21. The van der Waals surface area contributed by atoms with Crippen molar-refractivity contribution in [1.29, 1.82) is 0 Å². The van der Waals surface area contributed by atoms with Crippen LogP contribution in [0.15, 0.2) is 83.4 Å². The number of oxazole rings is 1. The van der Waals surface area contributed by atoms with Gasteiger partial charge in [-0.3, -0.25) is 0 Å². The van der Waals surface area contributed by atoms with Gasteiger partial charge in [-0.15, -0.1) is 0 Å². The molecule has 0 saturated carbocycles. The van der Waals surface area contributed by atoms with Crippen LogP contribution >= 0.6 is 0 Å². The van der Waals surface area contributed by atoms with Crippen molar-refractivity contribution in [2.75, 3.05) is 6.61 Å². The molecule has 0 bridgehead atoms. The lowest BCUT2D eigenvalue weighted by atomic mass is 9.95. The molecule has 0 spiro atoms. The van der Waals surface area contributed by atoms with Gasteiger partial charge < -0.3 is 9.15 Å². The van der Waals surface area contributed by atoms with Crippen LogP contribution in [0.3, 0.4) is 0 Å². The fraction of sp³-hybridized carbons (Fsp3) is 0.231. The van der Waals surface area contributed by atoms with E-state index in [2.05, 4.69) is 47.2 Å². The molecular weight excluding hydrogens is 372 g/mol. The zero-order chi connectivity index (χ0) is 20.8. The second-order valence-corrected chi connectivity index (χ2v) is 7.51. The second kappa shape index (κ2) is 9.40. The first kappa shape index (κ1) is 19.9. The second-order valence-electron chi connectivity index (χ2n) is 7.51. The van der Waals surface area contributed by atoms with E-state index in [9.17, 15) is 0 Å². The van der Waals surface area contributed by atoms with Crippen LogP contribution < -0.4 is 4.74 Å². The maximum absolute atomic E-state index is 5.83. The monoisotopic (exact) mass is 398 g/mol. The Balaban J connectivity index is 1.30. The van der Waals surface area contributed by atoms with Crippen LogP contribution in [-0.4, -0.2) is 16.6 Å². The first-order valence-electron chi connectivity index (χ1n) is 10.3. The SMILES string of the molecule is Cc1oc(-c2ccccc2)nc1CCOc1ccc(CC(C)c2ccccc2)cn1. The van der Waals surface area contributed by atoms with Crippen molar-refractivity contribution in [3.05, 3.63) is 102 Å². The van der Waals surface area contributed by atoms with E-state index < -0.39 is 0 Å². The summed E-state index contributed by atoms with van der Waals surface area (Å²) in [4.78, 5) is 9.09. The number of benzene rings is 2. The highest BCUT2D eigenvalue weighted by Gasteiger charge is 2.11. The zero-order valence-electron chi connectivity index (χ0n) is 17.4. The molecule has 0 radical (unpaired) electrons. The van der Waals surface area contributed by atoms with Crippen LogP contribution in [0.4, 0.5) is 0 Å². The van der Waals surface area contributed by atoms with E-state index in [1.807, 2.05) is 55.6 Å². The fourth-order valence-electron chi connectivity index (χ4n) is 3.49. The number of hydrogen-bond acceptors (Lipinski definition) is 4. The third-order valence-corrected chi connectivity index (χ3v) is 5.21. The lowest BCUT2D eigenvalue weighted by Gasteiger charge is -2.12. The van der Waals surface area contributed by atoms with Crippen molar-refractivity contribution in [3.8, 4) is 17.3 Å². The molecular formula is C26H26N2O2. The van der Waals surface area contributed by atoms with Crippen molar-refractivity contribution < 1.29 is 9.15 Å². The van der Waals surface area contributed by atoms with Crippen LogP contribution in [0.1, 0.15) is 35.4 Å². The minimum Gasteiger partial charge on any atom is -0.477 e. The highest BCUT2D eigenvalue weighted by molar-refractivity contribution is 5.53. The lowest BCUT2D eigenvalue weighted by Crippen LogP contribution is -2.04. The molecule has 2 heterocycles. The van der Waals surface area contributed by atoms with Gasteiger partial charge in [0.05, 0.1) is 12.3 Å². The summed E-state index contributed by atoms with van der Waals surface area (Å²) >= 11 is 0. The molecule has 4 aromatic rings. The topological polar surface area (TPSA) is 48.2 Å². The summed E-state index contributed by atoms with van der Waals surface area (Å²) in [6.45, 7) is 4.69. The molecule has 4 nitrogen and oxygen atoms in total. The van der Waals surface area contributed by atoms with Crippen molar-refractivity contribution in [3.63, 3.8) is 0 Å². The predicted molar refractivity (Wildman–Crippen MR) is 119 cm³/mol. The number of pyridine rings is 1. The van der Waals surface area contributed by atoms with Gasteiger partial charge in [-0.25, -0.2) is 9.97 Å². The molecule has 1 atom stereocenters. The Morgan fingerprint density at radius 2 is 1.67 bits per heavy atom. The van der Waals surface area contributed by atoms with Crippen LogP contribution in [-0.2, 0) is 12.8 Å². The fourth-order valence-corrected chi connectivity index (χ4v) is 3.49. The average molecular weight is 399 g/mol. The third kappa shape index (κ3) is 4.95. The summed E-state index contributed by atoms with van der Waals surface area (Å²) in [6.07, 6.45) is 3.54. The first-order valence-corrected chi connectivity index (χ1v) is 10.3. The zero-order valence-corrected chi connectivity index (χ0v) is 17.4. The van der Waals surface area contributed by atoms with Gasteiger partial charge in [-0.05, 0) is 42.5 Å². The van der Waals surface area contributed by atoms with Crippen LogP contribution in [0.25, 0.3) is 11.5 Å². The predicted octanol–water partition coefficient (Wildman–Crippen LogP) is 6.01. The normalized spacial score (nSPS) is 11.9. The molecule has 0 aliphatic carbocycles. The molecule has 0 N–H and O–H groups in total. The number of aryl methyl sites for hydroxylation is 1.